The van der Waals surface area contributed by atoms with Crippen LogP contribution < -0.4 is 0 Å². The number of nitrogens with zero attached hydrogens (tertiary/aromatic N) is 3. The molecule has 1 saturated carbocycles. The third-order valence-corrected chi connectivity index (χ3v) is 5.99. The Bertz CT molecular complexity index is 749. The van der Waals surface area contributed by atoms with Crippen LogP contribution in [0.1, 0.15) is 49.0 Å². The van der Waals surface area contributed by atoms with E-state index in [1.807, 2.05) is 35.2 Å². The summed E-state index contributed by atoms with van der Waals surface area (Å²) >= 11 is 0. The lowest BCUT2D eigenvalue weighted by atomic mass is 9.89. The topological polar surface area (TPSA) is 36.4 Å². The highest BCUT2D eigenvalue weighted by Crippen LogP contribution is 2.25. The van der Waals surface area contributed by atoms with Gasteiger partial charge in [-0.05, 0) is 43.2 Å². The predicted molar refractivity (Wildman–Crippen MR) is 105 cm³/mol. The molecule has 0 spiro atoms. The van der Waals surface area contributed by atoms with Gasteiger partial charge in [-0.15, -0.1) is 0 Å². The first kappa shape index (κ1) is 17.5. The molecule has 4 rings (SSSR count). The van der Waals surface area contributed by atoms with Gasteiger partial charge in [-0.1, -0.05) is 43.5 Å². The lowest BCUT2D eigenvalue weighted by Gasteiger charge is -2.28. The summed E-state index contributed by atoms with van der Waals surface area (Å²) in [6, 6.07) is 10.0. The summed E-state index contributed by atoms with van der Waals surface area (Å²) in [6.07, 6.45) is 9.80. The van der Waals surface area contributed by atoms with Crippen molar-refractivity contribution in [1.29, 1.82) is 0 Å². The van der Waals surface area contributed by atoms with E-state index < -0.39 is 0 Å². The van der Waals surface area contributed by atoms with Gasteiger partial charge in [-0.3, -0.25) is 9.78 Å². The second-order valence-electron chi connectivity index (χ2n) is 7.83. The van der Waals surface area contributed by atoms with E-state index in [0.717, 1.165) is 49.3 Å². The molecule has 4 heteroatoms. The van der Waals surface area contributed by atoms with Crippen molar-refractivity contribution in [2.75, 3.05) is 32.7 Å². The Kier molecular flexibility index (Phi) is 5.49. The maximum atomic E-state index is 13.1. The van der Waals surface area contributed by atoms with E-state index in [-0.39, 0.29) is 5.91 Å². The van der Waals surface area contributed by atoms with Crippen molar-refractivity contribution in [2.45, 2.75) is 38.5 Å². The molecule has 1 aliphatic heterocycles. The summed E-state index contributed by atoms with van der Waals surface area (Å²) in [7, 11) is 0. The Morgan fingerprint density at radius 3 is 2.69 bits per heavy atom. The molecule has 1 saturated heterocycles. The van der Waals surface area contributed by atoms with Gasteiger partial charge in [-0.2, -0.15) is 0 Å². The molecule has 0 N–H and O–H groups in total. The molecule has 2 heterocycles. The molecule has 26 heavy (non-hydrogen) atoms. The minimum absolute atomic E-state index is 0.0846. The Hall–Kier alpha value is -1.94. The number of rotatable bonds is 3. The van der Waals surface area contributed by atoms with E-state index in [1.54, 1.807) is 6.20 Å². The van der Waals surface area contributed by atoms with Crippen molar-refractivity contribution in [1.82, 2.24) is 14.8 Å². The minimum atomic E-state index is 0.0846. The minimum Gasteiger partial charge on any atom is -0.336 e. The fraction of sp³-hybridized carbons (Fsp3) is 0.545. The molecule has 1 aliphatic carbocycles. The fourth-order valence-corrected chi connectivity index (χ4v) is 4.53. The second kappa shape index (κ2) is 8.17. The van der Waals surface area contributed by atoms with Gasteiger partial charge in [0.25, 0.3) is 5.91 Å². The van der Waals surface area contributed by atoms with Crippen molar-refractivity contribution in [3.05, 3.63) is 42.2 Å². The lowest BCUT2D eigenvalue weighted by Crippen LogP contribution is -2.37. The Balaban J connectivity index is 1.42. The Morgan fingerprint density at radius 2 is 1.81 bits per heavy atom. The smallest absolute Gasteiger partial charge is 0.273 e. The van der Waals surface area contributed by atoms with Crippen molar-refractivity contribution in [3.8, 4) is 0 Å². The van der Waals surface area contributed by atoms with E-state index in [1.165, 1.54) is 38.6 Å². The van der Waals surface area contributed by atoms with Crippen LogP contribution in [-0.4, -0.2) is 53.4 Å². The van der Waals surface area contributed by atoms with Crippen molar-refractivity contribution in [2.24, 2.45) is 5.92 Å². The highest BCUT2D eigenvalue weighted by atomic mass is 16.2. The molecule has 4 nitrogen and oxygen atoms in total. The summed E-state index contributed by atoms with van der Waals surface area (Å²) in [4.78, 5) is 22.1. The number of hydrogen-bond donors (Lipinski definition) is 0. The van der Waals surface area contributed by atoms with Gasteiger partial charge in [0.1, 0.15) is 5.69 Å². The number of aromatic nitrogens is 1. The van der Waals surface area contributed by atoms with Gasteiger partial charge < -0.3 is 9.80 Å². The zero-order chi connectivity index (χ0) is 17.8. The molecule has 1 aromatic carbocycles. The number of amides is 1. The number of fused-ring (bicyclic) bond motifs is 1. The summed E-state index contributed by atoms with van der Waals surface area (Å²) in [6.45, 7) is 4.98. The average molecular weight is 351 g/mol. The van der Waals surface area contributed by atoms with Gasteiger partial charge in [0.05, 0.1) is 0 Å². The SMILES string of the molecule is O=C(c1nccc2ccccc12)N1CCCN(CC2CCCCC2)CC1. The molecular weight excluding hydrogens is 322 g/mol. The maximum Gasteiger partial charge on any atom is 0.273 e. The summed E-state index contributed by atoms with van der Waals surface area (Å²) in [5, 5.41) is 2.04. The Labute approximate surface area is 156 Å². The molecular formula is C22H29N3O. The molecule has 0 bridgehead atoms. The van der Waals surface area contributed by atoms with Crippen LogP contribution in [0.2, 0.25) is 0 Å². The molecule has 1 amide bonds. The molecule has 0 atom stereocenters. The number of carbonyl (C=O) groups is 1. The van der Waals surface area contributed by atoms with Crippen LogP contribution >= 0.6 is 0 Å². The van der Waals surface area contributed by atoms with E-state index in [4.69, 9.17) is 0 Å². The molecule has 0 unspecified atom stereocenters. The van der Waals surface area contributed by atoms with Gasteiger partial charge in [0.2, 0.25) is 0 Å². The molecule has 0 radical (unpaired) electrons. The number of pyridine rings is 1. The van der Waals surface area contributed by atoms with Crippen LogP contribution in [-0.2, 0) is 0 Å². The third kappa shape index (κ3) is 3.90. The zero-order valence-electron chi connectivity index (χ0n) is 15.6. The highest BCUT2D eigenvalue weighted by Gasteiger charge is 2.24. The summed E-state index contributed by atoms with van der Waals surface area (Å²) in [5.74, 6) is 0.951. The Morgan fingerprint density at radius 1 is 0.962 bits per heavy atom. The second-order valence-corrected chi connectivity index (χ2v) is 7.83. The maximum absolute atomic E-state index is 13.1. The van der Waals surface area contributed by atoms with Crippen molar-refractivity contribution in [3.63, 3.8) is 0 Å². The number of carbonyl (C=O) groups excluding carboxylic acids is 1. The molecule has 2 aromatic rings. The fourth-order valence-electron chi connectivity index (χ4n) is 4.53. The molecule has 2 aliphatic rings. The van der Waals surface area contributed by atoms with Crippen LogP contribution in [0.3, 0.4) is 0 Å². The number of benzene rings is 1. The highest BCUT2D eigenvalue weighted by molar-refractivity contribution is 6.05. The van der Waals surface area contributed by atoms with Crippen LogP contribution in [0.25, 0.3) is 10.8 Å². The first-order valence-corrected chi connectivity index (χ1v) is 10.2. The first-order valence-electron chi connectivity index (χ1n) is 10.2. The van der Waals surface area contributed by atoms with Crippen LogP contribution in [0.15, 0.2) is 36.5 Å². The van der Waals surface area contributed by atoms with E-state index in [2.05, 4.69) is 9.88 Å². The van der Waals surface area contributed by atoms with Gasteiger partial charge in [-0.25, -0.2) is 0 Å². The molecule has 1 aromatic heterocycles. The van der Waals surface area contributed by atoms with E-state index >= 15 is 0 Å². The first-order chi connectivity index (χ1) is 12.8. The van der Waals surface area contributed by atoms with Gasteiger partial charge in [0, 0.05) is 37.8 Å². The van der Waals surface area contributed by atoms with Gasteiger partial charge >= 0.3 is 0 Å². The van der Waals surface area contributed by atoms with E-state index in [0.29, 0.717) is 5.69 Å². The largest absolute Gasteiger partial charge is 0.336 e. The monoisotopic (exact) mass is 351 g/mol. The zero-order valence-corrected chi connectivity index (χ0v) is 15.6. The van der Waals surface area contributed by atoms with Crippen LogP contribution in [0.4, 0.5) is 0 Å². The molecule has 2 fully saturated rings. The normalized spacial score (nSPS) is 20.2. The van der Waals surface area contributed by atoms with Crippen LogP contribution in [0.5, 0.6) is 0 Å². The van der Waals surface area contributed by atoms with Crippen molar-refractivity contribution < 1.29 is 4.79 Å². The van der Waals surface area contributed by atoms with E-state index in [9.17, 15) is 4.79 Å². The average Bonchev–Trinajstić information content (AvgIpc) is 2.93. The quantitative estimate of drug-likeness (QED) is 0.840. The summed E-state index contributed by atoms with van der Waals surface area (Å²) in [5.41, 5.74) is 0.601. The van der Waals surface area contributed by atoms with Crippen LogP contribution in [0, 0.1) is 5.92 Å². The standard InChI is InChI=1S/C22H29N3O/c26-22(21-20-10-5-4-9-19(20)11-12-23-21)25-14-6-13-24(15-16-25)17-18-7-2-1-3-8-18/h4-5,9-12,18H,1-3,6-8,13-17H2. The van der Waals surface area contributed by atoms with Gasteiger partial charge in [0.15, 0.2) is 0 Å². The summed E-state index contributed by atoms with van der Waals surface area (Å²) < 4.78 is 0. The predicted octanol–water partition coefficient (Wildman–Crippen LogP) is 3.96. The van der Waals surface area contributed by atoms with Crippen molar-refractivity contribution >= 4 is 16.7 Å². The molecule has 138 valence electrons. The number of hydrogen-bond acceptors (Lipinski definition) is 3. The lowest BCUT2D eigenvalue weighted by molar-refractivity contribution is 0.0756. The third-order valence-electron chi connectivity index (χ3n) is 5.99.